The molecule has 3 N–H and O–H groups in total. The van der Waals surface area contributed by atoms with Crippen molar-refractivity contribution in [1.29, 1.82) is 0 Å². The number of primary amides is 1. The summed E-state index contributed by atoms with van der Waals surface area (Å²) in [6.07, 6.45) is 1.58. The van der Waals surface area contributed by atoms with E-state index in [0.29, 0.717) is 19.4 Å². The molecule has 0 aromatic carbocycles. The molecule has 6 heteroatoms. The Morgan fingerprint density at radius 3 is 2.72 bits per heavy atom. The summed E-state index contributed by atoms with van der Waals surface area (Å²) in [5.41, 5.74) is 3.47. The SMILES string of the molecule is C[C@@H]1CC[C@@H](C(N)=O)CN1C(=O)[C@@]1(F)CCNC1. The first-order chi connectivity index (χ1) is 8.44. The molecule has 2 rings (SSSR count). The number of carbonyl (C=O) groups excluding carboxylic acids is 2. The van der Waals surface area contributed by atoms with E-state index in [-0.39, 0.29) is 31.5 Å². The highest BCUT2D eigenvalue weighted by molar-refractivity contribution is 5.87. The largest absolute Gasteiger partial charge is 0.369 e. The van der Waals surface area contributed by atoms with Crippen LogP contribution in [0.1, 0.15) is 26.2 Å². The van der Waals surface area contributed by atoms with Crippen LogP contribution in [0.15, 0.2) is 0 Å². The Morgan fingerprint density at radius 1 is 1.44 bits per heavy atom. The number of halogens is 1. The number of alkyl halides is 1. The van der Waals surface area contributed by atoms with Crippen molar-refractivity contribution in [2.75, 3.05) is 19.6 Å². The van der Waals surface area contributed by atoms with E-state index in [1.165, 1.54) is 4.90 Å². The van der Waals surface area contributed by atoms with Gasteiger partial charge in [-0.1, -0.05) is 0 Å². The number of hydrogen-bond donors (Lipinski definition) is 2. The molecule has 0 aromatic heterocycles. The lowest BCUT2D eigenvalue weighted by molar-refractivity contribution is -0.148. The van der Waals surface area contributed by atoms with Gasteiger partial charge in [0.15, 0.2) is 0 Å². The van der Waals surface area contributed by atoms with Gasteiger partial charge in [-0.05, 0) is 26.3 Å². The molecule has 18 heavy (non-hydrogen) atoms. The van der Waals surface area contributed by atoms with Gasteiger partial charge < -0.3 is 16.0 Å². The number of carbonyl (C=O) groups is 2. The van der Waals surface area contributed by atoms with Crippen molar-refractivity contribution < 1.29 is 14.0 Å². The van der Waals surface area contributed by atoms with E-state index in [0.717, 1.165) is 0 Å². The highest BCUT2D eigenvalue weighted by Crippen LogP contribution is 2.28. The van der Waals surface area contributed by atoms with Crippen LogP contribution in [0.4, 0.5) is 4.39 Å². The van der Waals surface area contributed by atoms with Crippen molar-refractivity contribution in [1.82, 2.24) is 10.2 Å². The van der Waals surface area contributed by atoms with Crippen molar-refractivity contribution in [2.24, 2.45) is 11.7 Å². The minimum atomic E-state index is -1.81. The summed E-state index contributed by atoms with van der Waals surface area (Å²) in [5, 5.41) is 2.87. The van der Waals surface area contributed by atoms with Gasteiger partial charge in [0.25, 0.3) is 5.91 Å². The van der Waals surface area contributed by atoms with Gasteiger partial charge in [0, 0.05) is 25.6 Å². The summed E-state index contributed by atoms with van der Waals surface area (Å²) in [6, 6.07) is -0.0266. The second-order valence-corrected chi connectivity index (χ2v) is 5.38. The fraction of sp³-hybridized carbons (Fsp3) is 0.833. The second kappa shape index (κ2) is 4.84. The van der Waals surface area contributed by atoms with Gasteiger partial charge in [-0.25, -0.2) is 4.39 Å². The molecule has 3 atom stereocenters. The maximum absolute atomic E-state index is 14.4. The van der Waals surface area contributed by atoms with Crippen LogP contribution >= 0.6 is 0 Å². The van der Waals surface area contributed by atoms with Crippen LogP contribution in [-0.4, -0.2) is 48.1 Å². The Labute approximate surface area is 106 Å². The van der Waals surface area contributed by atoms with Gasteiger partial charge >= 0.3 is 0 Å². The fourth-order valence-electron chi connectivity index (χ4n) is 2.72. The molecule has 0 spiro atoms. The van der Waals surface area contributed by atoms with Crippen molar-refractivity contribution >= 4 is 11.8 Å². The van der Waals surface area contributed by atoms with E-state index in [2.05, 4.69) is 5.32 Å². The van der Waals surface area contributed by atoms with Crippen LogP contribution in [0.25, 0.3) is 0 Å². The number of piperidine rings is 1. The number of nitrogens with two attached hydrogens (primary N) is 1. The lowest BCUT2D eigenvalue weighted by atomic mass is 9.91. The molecule has 0 unspecified atom stereocenters. The molecule has 2 amide bonds. The maximum Gasteiger partial charge on any atom is 0.261 e. The third kappa shape index (κ3) is 2.34. The number of hydrogen-bond acceptors (Lipinski definition) is 3. The zero-order valence-electron chi connectivity index (χ0n) is 10.6. The van der Waals surface area contributed by atoms with Crippen LogP contribution in [0.5, 0.6) is 0 Å². The smallest absolute Gasteiger partial charge is 0.261 e. The van der Waals surface area contributed by atoms with Crippen LogP contribution < -0.4 is 11.1 Å². The van der Waals surface area contributed by atoms with Gasteiger partial charge in [-0.2, -0.15) is 0 Å². The zero-order valence-corrected chi connectivity index (χ0v) is 10.6. The number of nitrogens with zero attached hydrogens (tertiary/aromatic N) is 1. The van der Waals surface area contributed by atoms with E-state index in [4.69, 9.17) is 5.73 Å². The van der Waals surface area contributed by atoms with Crippen LogP contribution in [0.3, 0.4) is 0 Å². The summed E-state index contributed by atoms with van der Waals surface area (Å²) in [5.74, 6) is -1.24. The molecule has 2 fully saturated rings. The number of amides is 2. The standard InChI is InChI=1S/C12H20FN3O2/c1-8-2-3-9(10(14)17)6-16(8)11(18)12(13)4-5-15-7-12/h8-9,15H,2-7H2,1H3,(H2,14,17)/t8-,9-,12-/m1/s1. The summed E-state index contributed by atoms with van der Waals surface area (Å²) in [7, 11) is 0. The van der Waals surface area contributed by atoms with Gasteiger partial charge in [0.1, 0.15) is 0 Å². The van der Waals surface area contributed by atoms with Crippen molar-refractivity contribution in [3.63, 3.8) is 0 Å². The molecule has 102 valence electrons. The molecular weight excluding hydrogens is 237 g/mol. The summed E-state index contributed by atoms with van der Waals surface area (Å²) in [4.78, 5) is 25.0. The van der Waals surface area contributed by atoms with Gasteiger partial charge in [0.05, 0.1) is 5.92 Å². The maximum atomic E-state index is 14.4. The van der Waals surface area contributed by atoms with Crippen LogP contribution in [0.2, 0.25) is 0 Å². The van der Waals surface area contributed by atoms with Crippen molar-refractivity contribution in [2.45, 2.75) is 37.9 Å². The zero-order chi connectivity index (χ0) is 13.3. The van der Waals surface area contributed by atoms with Crippen LogP contribution in [-0.2, 0) is 9.59 Å². The van der Waals surface area contributed by atoms with E-state index in [1.807, 2.05) is 6.92 Å². The molecule has 2 saturated heterocycles. The molecule has 0 radical (unpaired) electrons. The Bertz CT molecular complexity index is 355. The summed E-state index contributed by atoms with van der Waals surface area (Å²) < 4.78 is 14.4. The molecule has 0 aromatic rings. The van der Waals surface area contributed by atoms with E-state index in [9.17, 15) is 14.0 Å². The lowest BCUT2D eigenvalue weighted by Crippen LogP contribution is -2.55. The van der Waals surface area contributed by atoms with Gasteiger partial charge in [-0.3, -0.25) is 9.59 Å². The normalized spacial score (nSPS) is 36.7. The van der Waals surface area contributed by atoms with Crippen molar-refractivity contribution in [3.8, 4) is 0 Å². The number of rotatable bonds is 2. The third-order valence-corrected chi connectivity index (χ3v) is 4.03. The Morgan fingerprint density at radius 2 is 2.17 bits per heavy atom. The van der Waals surface area contributed by atoms with Gasteiger partial charge in [0.2, 0.25) is 11.6 Å². The highest BCUT2D eigenvalue weighted by atomic mass is 19.1. The quantitative estimate of drug-likeness (QED) is 0.719. The second-order valence-electron chi connectivity index (χ2n) is 5.38. The predicted octanol–water partition coefficient (Wildman–Crippen LogP) is -0.200. The average Bonchev–Trinajstić information content (AvgIpc) is 2.77. The Balaban J connectivity index is 2.10. The predicted molar refractivity (Wildman–Crippen MR) is 64.4 cm³/mol. The first-order valence-electron chi connectivity index (χ1n) is 6.44. The van der Waals surface area contributed by atoms with Crippen LogP contribution in [0, 0.1) is 5.92 Å². The fourth-order valence-corrected chi connectivity index (χ4v) is 2.72. The molecular formula is C12H20FN3O2. The van der Waals surface area contributed by atoms with Crippen molar-refractivity contribution in [3.05, 3.63) is 0 Å². The molecule has 2 aliphatic heterocycles. The summed E-state index contributed by atoms with van der Waals surface area (Å²) in [6.45, 7) is 2.72. The minimum absolute atomic E-state index is 0.0266. The molecule has 0 aliphatic carbocycles. The Kier molecular flexibility index (Phi) is 3.56. The molecule has 5 nitrogen and oxygen atoms in total. The Hall–Kier alpha value is -1.17. The number of nitrogens with one attached hydrogen (secondary N) is 1. The van der Waals surface area contributed by atoms with Gasteiger partial charge in [-0.15, -0.1) is 0 Å². The molecule has 2 aliphatic rings. The molecule has 0 saturated carbocycles. The average molecular weight is 257 g/mol. The monoisotopic (exact) mass is 257 g/mol. The first kappa shape index (κ1) is 13.3. The minimum Gasteiger partial charge on any atom is -0.369 e. The van der Waals surface area contributed by atoms with E-state index in [1.54, 1.807) is 0 Å². The topological polar surface area (TPSA) is 75.4 Å². The first-order valence-corrected chi connectivity index (χ1v) is 6.44. The number of likely N-dealkylation sites (tertiary alicyclic amines) is 1. The third-order valence-electron chi connectivity index (χ3n) is 4.03. The summed E-state index contributed by atoms with van der Waals surface area (Å²) >= 11 is 0. The molecule has 2 heterocycles. The molecule has 0 bridgehead atoms. The van der Waals surface area contributed by atoms with E-state index >= 15 is 0 Å². The highest BCUT2D eigenvalue weighted by Gasteiger charge is 2.46. The lowest BCUT2D eigenvalue weighted by Gasteiger charge is -2.39. The van der Waals surface area contributed by atoms with E-state index < -0.39 is 17.5 Å².